The highest BCUT2D eigenvalue weighted by Crippen LogP contribution is 2.18. The van der Waals surface area contributed by atoms with E-state index in [1.54, 1.807) is 6.08 Å². The molecule has 0 radical (unpaired) electrons. The van der Waals surface area contributed by atoms with Gasteiger partial charge in [-0.3, -0.25) is 0 Å². The Kier molecular flexibility index (Phi) is 2.62. The van der Waals surface area contributed by atoms with Crippen LogP contribution in [0, 0.1) is 0 Å². The monoisotopic (exact) mass is 160 g/mol. The van der Waals surface area contributed by atoms with Gasteiger partial charge < -0.3 is 20.4 Å². The normalized spacial score (nSPS) is 38.5. The predicted molar refractivity (Wildman–Crippen MR) is 37.8 cm³/mol. The average molecular weight is 160 g/mol. The third-order valence-electron chi connectivity index (χ3n) is 1.90. The van der Waals surface area contributed by atoms with Crippen LogP contribution >= 0.6 is 0 Å². The summed E-state index contributed by atoms with van der Waals surface area (Å²) in [5, 5.41) is 35.9. The van der Waals surface area contributed by atoms with Crippen molar-refractivity contribution in [2.24, 2.45) is 0 Å². The summed E-state index contributed by atoms with van der Waals surface area (Å²) in [6.07, 6.45) is -1.37. The maximum atomic E-state index is 9.17. The highest BCUT2D eigenvalue weighted by atomic mass is 16.4. The van der Waals surface area contributed by atoms with Gasteiger partial charge in [-0.05, 0) is 12.0 Å². The van der Waals surface area contributed by atoms with Crippen LogP contribution in [0.2, 0.25) is 0 Å². The number of hydrogen-bond donors (Lipinski definition) is 4. The predicted octanol–water partition coefficient (Wildman–Crippen LogP) is -1.61. The number of hydrogen-bond acceptors (Lipinski definition) is 4. The zero-order valence-corrected chi connectivity index (χ0v) is 6.01. The van der Waals surface area contributed by atoms with Crippen molar-refractivity contribution >= 4 is 0 Å². The number of rotatable bonds is 1. The maximum Gasteiger partial charge on any atom is 0.110 e. The summed E-state index contributed by atoms with van der Waals surface area (Å²) in [6.45, 7) is -0.273. The van der Waals surface area contributed by atoms with Crippen molar-refractivity contribution in [3.05, 3.63) is 11.6 Å². The van der Waals surface area contributed by atoms with E-state index in [1.165, 1.54) is 0 Å². The van der Waals surface area contributed by atoms with Gasteiger partial charge in [-0.1, -0.05) is 6.08 Å². The van der Waals surface area contributed by atoms with Gasteiger partial charge >= 0.3 is 0 Å². The summed E-state index contributed by atoms with van der Waals surface area (Å²) in [5.74, 6) is 0. The van der Waals surface area contributed by atoms with Crippen molar-refractivity contribution in [3.8, 4) is 0 Å². The summed E-state index contributed by atoms with van der Waals surface area (Å²) in [6, 6.07) is 0. The van der Waals surface area contributed by atoms with Crippen LogP contribution in [-0.4, -0.2) is 45.3 Å². The highest BCUT2D eigenvalue weighted by molar-refractivity contribution is 5.16. The lowest BCUT2D eigenvalue weighted by Gasteiger charge is -2.27. The highest BCUT2D eigenvalue weighted by Gasteiger charge is 2.30. The van der Waals surface area contributed by atoms with E-state index in [1.807, 2.05) is 0 Å². The Labute approximate surface area is 64.4 Å². The molecule has 3 atom stereocenters. The molecular formula is C7H12O4. The Morgan fingerprint density at radius 2 is 2.00 bits per heavy atom. The number of aliphatic hydroxyl groups is 4. The first kappa shape index (κ1) is 8.67. The molecule has 0 saturated carbocycles. The standard InChI is InChI=1S/C7H12O4/c8-3-4-1-2-5(9)7(11)6(4)10/h1,5-11H,2-3H2/t5-,6+,7-/m0/s1. The minimum atomic E-state index is -1.16. The van der Waals surface area contributed by atoms with Crippen LogP contribution in [0.5, 0.6) is 0 Å². The van der Waals surface area contributed by atoms with E-state index in [9.17, 15) is 0 Å². The van der Waals surface area contributed by atoms with Crippen LogP contribution < -0.4 is 0 Å². The Morgan fingerprint density at radius 3 is 2.55 bits per heavy atom. The lowest BCUT2D eigenvalue weighted by molar-refractivity contribution is -0.0533. The summed E-state index contributed by atoms with van der Waals surface area (Å²) < 4.78 is 0. The van der Waals surface area contributed by atoms with Gasteiger partial charge in [-0.15, -0.1) is 0 Å². The molecule has 0 aromatic rings. The molecule has 4 nitrogen and oxygen atoms in total. The maximum absolute atomic E-state index is 9.17. The first-order valence-corrected chi connectivity index (χ1v) is 3.50. The molecule has 64 valence electrons. The average Bonchev–Trinajstić information content (AvgIpc) is 2.01. The fraction of sp³-hybridized carbons (Fsp3) is 0.714. The molecule has 0 aromatic heterocycles. The van der Waals surface area contributed by atoms with Gasteiger partial charge in [0.2, 0.25) is 0 Å². The zero-order chi connectivity index (χ0) is 8.43. The molecule has 0 aliphatic heterocycles. The third-order valence-corrected chi connectivity index (χ3v) is 1.90. The lowest BCUT2D eigenvalue weighted by atomic mass is 9.92. The van der Waals surface area contributed by atoms with E-state index in [0.717, 1.165) is 0 Å². The molecule has 0 bridgehead atoms. The van der Waals surface area contributed by atoms with E-state index in [2.05, 4.69) is 0 Å². The van der Waals surface area contributed by atoms with Crippen LogP contribution in [0.4, 0.5) is 0 Å². The van der Waals surface area contributed by atoms with Gasteiger partial charge in [-0.25, -0.2) is 0 Å². The van der Waals surface area contributed by atoms with Crippen molar-refractivity contribution < 1.29 is 20.4 Å². The molecule has 0 aromatic carbocycles. The van der Waals surface area contributed by atoms with Gasteiger partial charge in [0, 0.05) is 0 Å². The molecule has 1 rings (SSSR count). The largest absolute Gasteiger partial charge is 0.392 e. The molecule has 0 heterocycles. The molecule has 0 fully saturated rings. The van der Waals surface area contributed by atoms with Crippen molar-refractivity contribution in [2.45, 2.75) is 24.7 Å². The Hall–Kier alpha value is -0.420. The summed E-state index contributed by atoms with van der Waals surface area (Å²) >= 11 is 0. The summed E-state index contributed by atoms with van der Waals surface area (Å²) in [5.41, 5.74) is 0.378. The molecule has 11 heavy (non-hydrogen) atoms. The molecule has 1 aliphatic rings. The fourth-order valence-corrected chi connectivity index (χ4v) is 1.12. The van der Waals surface area contributed by atoms with Crippen LogP contribution in [0.25, 0.3) is 0 Å². The van der Waals surface area contributed by atoms with Crippen LogP contribution in [0.3, 0.4) is 0 Å². The van der Waals surface area contributed by atoms with Crippen molar-refractivity contribution in [1.29, 1.82) is 0 Å². The van der Waals surface area contributed by atoms with E-state index in [-0.39, 0.29) is 13.0 Å². The van der Waals surface area contributed by atoms with Crippen molar-refractivity contribution in [3.63, 3.8) is 0 Å². The van der Waals surface area contributed by atoms with Crippen molar-refractivity contribution in [1.82, 2.24) is 0 Å². The minimum Gasteiger partial charge on any atom is -0.392 e. The minimum absolute atomic E-state index is 0.273. The first-order valence-electron chi connectivity index (χ1n) is 3.50. The molecular weight excluding hydrogens is 148 g/mol. The van der Waals surface area contributed by atoms with E-state index in [4.69, 9.17) is 20.4 Å². The fourth-order valence-electron chi connectivity index (χ4n) is 1.12. The van der Waals surface area contributed by atoms with E-state index >= 15 is 0 Å². The smallest absolute Gasteiger partial charge is 0.110 e. The Morgan fingerprint density at radius 1 is 1.36 bits per heavy atom. The van der Waals surface area contributed by atoms with Crippen LogP contribution in [0.1, 0.15) is 6.42 Å². The van der Waals surface area contributed by atoms with E-state index < -0.39 is 18.3 Å². The quantitative estimate of drug-likeness (QED) is 0.348. The summed E-state index contributed by atoms with van der Waals surface area (Å²) in [4.78, 5) is 0. The first-order chi connectivity index (χ1) is 5.16. The van der Waals surface area contributed by atoms with Crippen molar-refractivity contribution in [2.75, 3.05) is 6.61 Å². The van der Waals surface area contributed by atoms with Gasteiger partial charge in [-0.2, -0.15) is 0 Å². The van der Waals surface area contributed by atoms with Gasteiger partial charge in [0.25, 0.3) is 0 Å². The summed E-state index contributed by atoms with van der Waals surface area (Å²) in [7, 11) is 0. The number of aliphatic hydroxyl groups excluding tert-OH is 4. The Bertz CT molecular complexity index is 166. The van der Waals surface area contributed by atoms with E-state index in [0.29, 0.717) is 5.57 Å². The molecule has 0 saturated heterocycles. The van der Waals surface area contributed by atoms with Gasteiger partial charge in [0.05, 0.1) is 12.7 Å². The Balaban J connectivity index is 2.70. The second kappa shape index (κ2) is 3.32. The topological polar surface area (TPSA) is 80.9 Å². The van der Waals surface area contributed by atoms with Crippen LogP contribution in [-0.2, 0) is 0 Å². The molecule has 4 N–H and O–H groups in total. The van der Waals surface area contributed by atoms with Crippen LogP contribution in [0.15, 0.2) is 11.6 Å². The SMILES string of the molecule is OCC1=CC[C@H](O)[C@H](O)[C@@H]1O. The van der Waals surface area contributed by atoms with Gasteiger partial charge in [0.15, 0.2) is 0 Å². The van der Waals surface area contributed by atoms with Gasteiger partial charge in [0.1, 0.15) is 12.2 Å². The molecule has 0 unspecified atom stereocenters. The third kappa shape index (κ3) is 1.59. The lowest BCUT2D eigenvalue weighted by Crippen LogP contribution is -2.41. The zero-order valence-electron chi connectivity index (χ0n) is 6.01. The second-order valence-electron chi connectivity index (χ2n) is 2.68. The molecule has 1 aliphatic carbocycles. The molecule has 4 heteroatoms. The molecule has 0 spiro atoms. The molecule has 0 amide bonds. The second-order valence-corrected chi connectivity index (χ2v) is 2.68.